The van der Waals surface area contributed by atoms with Gasteiger partial charge in [0, 0.05) is 153 Å². The number of nitrogens with one attached hydrogen (secondary N) is 2. The summed E-state index contributed by atoms with van der Waals surface area (Å²) in [5, 5.41) is 16.4. The van der Waals surface area contributed by atoms with E-state index in [1.807, 2.05) is 169 Å². The molecule has 0 amide bonds. The van der Waals surface area contributed by atoms with Crippen LogP contribution in [-0.2, 0) is 0 Å². The summed E-state index contributed by atoms with van der Waals surface area (Å²) in [6, 6.07) is 58.9. The fourth-order valence-electron chi connectivity index (χ4n) is 18.7. The summed E-state index contributed by atoms with van der Waals surface area (Å²) in [4.78, 5) is 119. The third-order valence-corrected chi connectivity index (χ3v) is 30.7. The molecule has 29 nitrogen and oxygen atoms in total. The second kappa shape index (κ2) is 38.7. The molecule has 6 N–H and O–H groups in total. The minimum Gasteiger partial charge on any atom is -0.370 e. The highest BCUT2D eigenvalue weighted by Gasteiger charge is 2.27. The minimum absolute atomic E-state index is 0.0595. The maximum Gasteiger partial charge on any atom is 0.275 e. The number of nitrogens with zero attached hydrogens (tertiary/aromatic N) is 20. The number of thiazole rings is 5. The lowest BCUT2D eigenvalue weighted by molar-refractivity contribution is 0.315. The van der Waals surface area contributed by atoms with Crippen LogP contribution in [0.2, 0.25) is 0 Å². The van der Waals surface area contributed by atoms with Crippen LogP contribution >= 0.6 is 56.7 Å². The van der Waals surface area contributed by atoms with E-state index in [-0.39, 0.29) is 39.9 Å². The Bertz CT molecular complexity index is 8310. The molecule has 15 aromatic heterocycles. The molecule has 34 heteroatoms. The van der Waals surface area contributed by atoms with Crippen LogP contribution in [0.25, 0.3) is 141 Å². The summed E-state index contributed by atoms with van der Waals surface area (Å²) in [7, 11) is 4.24. The Hall–Kier alpha value is -13.8. The summed E-state index contributed by atoms with van der Waals surface area (Å²) in [5.41, 5.74) is 34.3. The zero-order valence-electron chi connectivity index (χ0n) is 77.2. The molecule has 0 saturated carbocycles. The summed E-state index contributed by atoms with van der Waals surface area (Å²) >= 11 is 8.25. The van der Waals surface area contributed by atoms with Gasteiger partial charge in [-0.3, -0.25) is 41.6 Å². The van der Waals surface area contributed by atoms with Crippen molar-refractivity contribution in [1.82, 2.24) is 92.6 Å². The summed E-state index contributed by atoms with van der Waals surface area (Å²) in [6.45, 7) is 19.4. The fraction of sp³-hybridized carbons (Fsp3) is 0.269. The average molecular weight is 1930 g/mol. The molecular weight excluding hydrogens is 1830 g/mol. The van der Waals surface area contributed by atoms with Gasteiger partial charge >= 0.3 is 0 Å². The molecule has 5 aliphatic heterocycles. The first-order chi connectivity index (χ1) is 66.9. The molecule has 0 aliphatic carbocycles. The molecule has 138 heavy (non-hydrogen) atoms. The van der Waals surface area contributed by atoms with E-state index in [2.05, 4.69) is 128 Å². The maximum atomic E-state index is 12.9. The van der Waals surface area contributed by atoms with Crippen LogP contribution in [0, 0.1) is 34.6 Å². The normalized spacial score (nSPS) is 16.0. The van der Waals surface area contributed by atoms with E-state index in [1.54, 1.807) is 105 Å². The molecule has 4 saturated heterocycles. The lowest BCUT2D eigenvalue weighted by atomic mass is 9.94. The summed E-state index contributed by atoms with van der Waals surface area (Å²) in [5.74, 6) is 0.402. The van der Waals surface area contributed by atoms with Gasteiger partial charge in [0.25, 0.3) is 27.8 Å². The molecule has 0 spiro atoms. The molecule has 1 unspecified atom stereocenters. The van der Waals surface area contributed by atoms with Crippen LogP contribution in [0.4, 0.5) is 17.1 Å². The quantitative estimate of drug-likeness (QED) is 0.0934. The highest BCUT2D eigenvalue weighted by molar-refractivity contribution is 7.19. The Balaban J connectivity index is 0.000000103. The SMILES string of the molecule is Cc1nc2ccc(-c3cc(=O)n4cc(C5=CCNCC5)ccc4n3)cc2s1.Cc1nc2ccc(-c3cc(=O)n4cc(N5CCC(N)C5)ccc4n3)cc2s1.Cc1nc2ccc(-c3cc(=O)n4cc(N5CCC(N)CC5)ccc4n3)cc2s1.Cc1nc2ccc(-c3cc(=O)n4cc(N5CC[C@H](N(C)C)C5)ccc4n3)cc2s1.Cc1nc2ccc(-c3cc(=O)n4nc(C5CCNCC5)ccc4n3)cc2s1. The van der Waals surface area contributed by atoms with Crippen LogP contribution in [-0.4, -0.2) is 180 Å². The van der Waals surface area contributed by atoms with E-state index in [9.17, 15) is 24.0 Å². The van der Waals surface area contributed by atoms with Crippen molar-refractivity contribution >= 4 is 159 Å². The van der Waals surface area contributed by atoms with Crippen molar-refractivity contribution in [1.29, 1.82) is 0 Å². The monoisotopic (exact) mass is 1920 g/mol. The second-order valence-corrected chi connectivity index (χ2v) is 42.0. The van der Waals surface area contributed by atoms with E-state index in [1.165, 1.54) is 10.1 Å². The molecule has 0 radical (unpaired) electrons. The van der Waals surface area contributed by atoms with Gasteiger partial charge in [0.05, 0.1) is 127 Å². The van der Waals surface area contributed by atoms with Crippen molar-refractivity contribution in [3.8, 4) is 56.3 Å². The summed E-state index contributed by atoms with van der Waals surface area (Å²) in [6.07, 6.45) is 16.9. The standard InChI is InChI=1S/C22H23N5OS.C21H21N5OS.C21H18N4OS.2C20H19N5OS/c1-14-23-18-6-4-15(10-20(18)29-14)19-11-22(28)27-13-17(5-7-21(27)24-19)26-9-8-16(12-26)25(2)3;1-13-23-17-4-2-14(10-19(17)28-13)18-11-21(27)26-12-16(3-5-20(26)24-18)25-8-6-15(22)7-9-25;1-13-23-17-4-2-15(10-19(17)27-13)18-11-21(26)25-12-16(3-5-20(25)24-18)14-6-8-22-9-7-14;1-12-22-16-4-2-13(8-18(16)27-12)17-9-20(26)25-11-15(3-5-19(25)23-17)24-7-6-14(21)10-24;1-12-22-16-3-2-14(10-18(16)27-12)17-11-20(26)25-19(23-17)5-4-15(24-25)13-6-8-21-9-7-13/h4-7,10-11,13,16H,8-9,12H2,1-3H3;2-5,10-12,15H,6-9,22H2,1H3;2-6,10-12,22H,7-9H2,1H3;2-5,8-9,11,14H,6-7,10,21H2,1H3;2-5,10-11,13,21H,6-9H2,1H3/t16-;;;;/m0..../s1. The number of aryl methyl sites for hydroxylation is 5. The van der Waals surface area contributed by atoms with E-state index >= 15 is 0 Å². The van der Waals surface area contributed by atoms with Gasteiger partial charge in [-0.25, -0.2) is 49.8 Å². The zero-order valence-corrected chi connectivity index (χ0v) is 81.3. The van der Waals surface area contributed by atoms with Crippen molar-refractivity contribution in [2.75, 3.05) is 94.2 Å². The molecule has 696 valence electrons. The van der Waals surface area contributed by atoms with Crippen molar-refractivity contribution in [2.24, 2.45) is 11.5 Å². The average Bonchev–Trinajstić information content (AvgIpc) is 1.19. The minimum atomic E-state index is -0.147. The van der Waals surface area contributed by atoms with E-state index < -0.39 is 0 Å². The first-order valence-corrected chi connectivity index (χ1v) is 50.5. The van der Waals surface area contributed by atoms with Gasteiger partial charge < -0.3 is 41.7 Å². The Morgan fingerprint density at radius 1 is 0.341 bits per heavy atom. The predicted molar refractivity (Wildman–Crippen MR) is 561 cm³/mol. The first kappa shape index (κ1) is 90.7. The number of nitrogens with two attached hydrogens (primary N) is 2. The summed E-state index contributed by atoms with van der Waals surface area (Å²) < 4.78 is 13.5. The van der Waals surface area contributed by atoms with Crippen molar-refractivity contribution in [3.63, 3.8) is 0 Å². The van der Waals surface area contributed by atoms with Crippen LogP contribution in [0.3, 0.4) is 0 Å². The maximum absolute atomic E-state index is 12.9. The second-order valence-electron chi connectivity index (χ2n) is 35.9. The van der Waals surface area contributed by atoms with Gasteiger partial charge in [-0.2, -0.15) is 9.61 Å². The molecule has 20 aromatic rings. The van der Waals surface area contributed by atoms with Crippen molar-refractivity contribution < 1.29 is 0 Å². The van der Waals surface area contributed by atoms with Crippen molar-refractivity contribution in [3.05, 3.63) is 301 Å². The van der Waals surface area contributed by atoms with Gasteiger partial charge in [0.1, 0.15) is 22.6 Å². The number of fused-ring (bicyclic) bond motifs is 10. The number of aromatic nitrogens is 16. The third kappa shape index (κ3) is 19.4. The Morgan fingerprint density at radius 3 is 1.07 bits per heavy atom. The molecule has 25 rings (SSSR count). The Labute approximate surface area is 811 Å². The highest BCUT2D eigenvalue weighted by Crippen LogP contribution is 2.36. The zero-order chi connectivity index (χ0) is 94.7. The van der Waals surface area contributed by atoms with Gasteiger partial charge in [-0.1, -0.05) is 36.4 Å². The molecule has 5 aromatic carbocycles. The van der Waals surface area contributed by atoms with Crippen LogP contribution in [0.1, 0.15) is 87.2 Å². The number of anilines is 3. The molecule has 2 atom stereocenters. The number of pyridine rings is 4. The predicted octanol–water partition coefficient (Wildman–Crippen LogP) is 16.2. The third-order valence-electron chi connectivity index (χ3n) is 26.0. The largest absolute Gasteiger partial charge is 0.370 e. The number of hydrogen-bond donors (Lipinski definition) is 4. The van der Waals surface area contributed by atoms with E-state index in [0.717, 1.165) is 243 Å². The Morgan fingerprint density at radius 2 is 0.688 bits per heavy atom. The van der Waals surface area contributed by atoms with Gasteiger partial charge in [0.15, 0.2) is 5.65 Å². The number of rotatable bonds is 11. The number of benzene rings is 5. The first-order valence-electron chi connectivity index (χ1n) is 46.4. The van der Waals surface area contributed by atoms with Crippen LogP contribution in [0.5, 0.6) is 0 Å². The fourth-order valence-corrected chi connectivity index (χ4v) is 23.0. The van der Waals surface area contributed by atoms with Gasteiger partial charge in [-0.05, 0) is 246 Å². The van der Waals surface area contributed by atoms with Gasteiger partial charge in [-0.15, -0.1) is 56.7 Å². The van der Waals surface area contributed by atoms with Crippen LogP contribution < -0.4 is 64.6 Å². The molecule has 4 fully saturated rings. The van der Waals surface area contributed by atoms with Crippen LogP contribution in [0.15, 0.2) is 237 Å². The van der Waals surface area contributed by atoms with E-state index in [4.69, 9.17) is 31.4 Å². The van der Waals surface area contributed by atoms with E-state index in [0.29, 0.717) is 68.7 Å². The smallest absolute Gasteiger partial charge is 0.275 e. The lowest BCUT2D eigenvalue weighted by Gasteiger charge is -2.32. The molecule has 20 heterocycles. The number of hydrogen-bond acceptors (Lipinski definition) is 29. The lowest BCUT2D eigenvalue weighted by Crippen LogP contribution is -2.39. The topological polar surface area (TPSA) is 338 Å². The molecule has 5 aliphatic rings. The number of likely N-dealkylation sites (N-methyl/N-ethyl adjacent to an activating group) is 1. The Kier molecular flexibility index (Phi) is 25.4. The van der Waals surface area contributed by atoms with Crippen molar-refractivity contribution in [2.45, 2.75) is 104 Å². The highest BCUT2D eigenvalue weighted by atomic mass is 32.1. The molecular formula is C104H100N24O5S5. The van der Waals surface area contributed by atoms with Gasteiger partial charge in [0.2, 0.25) is 0 Å². The molecule has 0 bridgehead atoms. The number of piperidine rings is 2.